The van der Waals surface area contributed by atoms with Crippen LogP contribution < -0.4 is 10.6 Å². The molecule has 0 amide bonds. The average Bonchev–Trinajstić information content (AvgIpc) is 2.26. The number of nitrogen functional groups attached to an aromatic ring is 1. The van der Waals surface area contributed by atoms with Gasteiger partial charge in [-0.3, -0.25) is 5.41 Å². The summed E-state index contributed by atoms with van der Waals surface area (Å²) in [5.74, 6) is 0.593. The summed E-state index contributed by atoms with van der Waals surface area (Å²) >= 11 is 0. The Balaban J connectivity index is 2.30. The number of amidine groups is 1. The van der Waals surface area contributed by atoms with Crippen molar-refractivity contribution in [3.63, 3.8) is 0 Å². The lowest BCUT2D eigenvalue weighted by Crippen LogP contribution is -2.43. The molecule has 1 aliphatic rings. The second kappa shape index (κ2) is 5.09. The van der Waals surface area contributed by atoms with Crippen molar-refractivity contribution in [1.29, 1.82) is 5.41 Å². The summed E-state index contributed by atoms with van der Waals surface area (Å²) in [5, 5.41) is 24.6. The summed E-state index contributed by atoms with van der Waals surface area (Å²) in [7, 11) is 0. The van der Waals surface area contributed by atoms with E-state index in [9.17, 15) is 0 Å². The molecule has 92 valence electrons. The van der Waals surface area contributed by atoms with E-state index in [1.54, 1.807) is 6.07 Å². The molecule has 1 heterocycles. The van der Waals surface area contributed by atoms with Crippen molar-refractivity contribution >= 4 is 11.7 Å². The van der Waals surface area contributed by atoms with Gasteiger partial charge in [0.15, 0.2) is 5.82 Å². The van der Waals surface area contributed by atoms with Crippen LogP contribution in [0.25, 0.3) is 0 Å². The summed E-state index contributed by atoms with van der Waals surface area (Å²) in [5.41, 5.74) is 6.12. The molecular formula is C11H17N5O. The minimum Gasteiger partial charge on any atom is -0.395 e. The number of rotatable bonds is 5. The van der Waals surface area contributed by atoms with Gasteiger partial charge in [-0.2, -0.15) is 5.10 Å². The van der Waals surface area contributed by atoms with Crippen LogP contribution in [0.3, 0.4) is 0 Å². The Morgan fingerprint density at radius 3 is 2.88 bits per heavy atom. The van der Waals surface area contributed by atoms with E-state index < -0.39 is 0 Å². The number of nitrogens with zero attached hydrogens (tertiary/aromatic N) is 3. The Hall–Kier alpha value is -1.69. The molecule has 1 saturated carbocycles. The van der Waals surface area contributed by atoms with Crippen LogP contribution in [0.5, 0.6) is 0 Å². The van der Waals surface area contributed by atoms with Gasteiger partial charge in [-0.1, -0.05) is 0 Å². The lowest BCUT2D eigenvalue weighted by molar-refractivity contribution is 0.282. The van der Waals surface area contributed by atoms with E-state index in [2.05, 4.69) is 10.2 Å². The van der Waals surface area contributed by atoms with E-state index in [4.69, 9.17) is 16.2 Å². The fourth-order valence-electron chi connectivity index (χ4n) is 2.01. The zero-order valence-electron chi connectivity index (χ0n) is 9.63. The van der Waals surface area contributed by atoms with Crippen molar-refractivity contribution in [2.75, 3.05) is 18.1 Å². The minimum atomic E-state index is -0.0165. The molecule has 2 rings (SSSR count). The second-order valence-electron chi connectivity index (χ2n) is 4.18. The fraction of sp³-hybridized carbons (Fsp3) is 0.545. The number of anilines is 1. The smallest absolute Gasteiger partial charge is 0.162 e. The molecule has 4 N–H and O–H groups in total. The molecule has 17 heavy (non-hydrogen) atoms. The third kappa shape index (κ3) is 2.36. The molecule has 0 bridgehead atoms. The van der Waals surface area contributed by atoms with Crippen molar-refractivity contribution in [3.8, 4) is 0 Å². The van der Waals surface area contributed by atoms with E-state index in [-0.39, 0.29) is 12.4 Å². The van der Waals surface area contributed by atoms with Crippen LogP contribution in [-0.2, 0) is 0 Å². The van der Waals surface area contributed by atoms with E-state index in [0.29, 0.717) is 24.0 Å². The van der Waals surface area contributed by atoms with Crippen molar-refractivity contribution in [1.82, 2.24) is 10.2 Å². The summed E-state index contributed by atoms with van der Waals surface area (Å²) in [6.45, 7) is 0.564. The Labute approximate surface area is 100.0 Å². The largest absolute Gasteiger partial charge is 0.395 e. The maximum absolute atomic E-state index is 9.12. The van der Waals surface area contributed by atoms with Gasteiger partial charge in [0.2, 0.25) is 0 Å². The molecule has 1 fully saturated rings. The van der Waals surface area contributed by atoms with Crippen molar-refractivity contribution < 1.29 is 5.11 Å². The first-order chi connectivity index (χ1) is 8.24. The van der Waals surface area contributed by atoms with Crippen LogP contribution in [0.4, 0.5) is 5.82 Å². The summed E-state index contributed by atoms with van der Waals surface area (Å²) in [6.07, 6.45) is 4.90. The molecule has 0 aliphatic heterocycles. The van der Waals surface area contributed by atoms with Gasteiger partial charge in [0.05, 0.1) is 18.4 Å². The van der Waals surface area contributed by atoms with Crippen LogP contribution in [0, 0.1) is 5.41 Å². The number of aromatic nitrogens is 2. The molecule has 1 aliphatic carbocycles. The summed E-state index contributed by atoms with van der Waals surface area (Å²) < 4.78 is 0. The van der Waals surface area contributed by atoms with Crippen molar-refractivity contribution in [2.45, 2.75) is 25.3 Å². The highest BCUT2D eigenvalue weighted by atomic mass is 16.3. The molecule has 0 saturated heterocycles. The number of nitrogens with one attached hydrogen (secondary N) is 1. The quantitative estimate of drug-likeness (QED) is 0.497. The van der Waals surface area contributed by atoms with Crippen molar-refractivity contribution in [3.05, 3.63) is 17.8 Å². The standard InChI is InChI=1S/C11H17N5O/c12-10(13)9-4-5-14-15-11(9)16(6-7-17)8-2-1-3-8/h4-5,8,17H,1-3,6-7H2,(H3,12,13). The van der Waals surface area contributed by atoms with Gasteiger partial charge < -0.3 is 15.7 Å². The van der Waals surface area contributed by atoms with E-state index in [1.165, 1.54) is 12.6 Å². The second-order valence-corrected chi connectivity index (χ2v) is 4.18. The number of hydrogen-bond acceptors (Lipinski definition) is 5. The predicted octanol–water partition coefficient (Wildman–Crippen LogP) is 0.112. The van der Waals surface area contributed by atoms with Gasteiger partial charge >= 0.3 is 0 Å². The SMILES string of the molecule is N=C(N)c1ccnnc1N(CCO)C1CCC1. The first-order valence-electron chi connectivity index (χ1n) is 5.77. The van der Waals surface area contributed by atoms with Crippen LogP contribution in [0.2, 0.25) is 0 Å². The molecule has 0 radical (unpaired) electrons. The van der Waals surface area contributed by atoms with Crippen LogP contribution in [0.1, 0.15) is 24.8 Å². The van der Waals surface area contributed by atoms with Crippen LogP contribution in [0.15, 0.2) is 12.3 Å². The van der Waals surface area contributed by atoms with E-state index in [0.717, 1.165) is 12.8 Å². The first kappa shape index (κ1) is 11.8. The molecule has 1 aromatic rings. The number of hydrogen-bond donors (Lipinski definition) is 3. The fourth-order valence-corrected chi connectivity index (χ4v) is 2.01. The zero-order chi connectivity index (χ0) is 12.3. The van der Waals surface area contributed by atoms with Gasteiger partial charge in [-0.05, 0) is 25.3 Å². The maximum Gasteiger partial charge on any atom is 0.162 e. The van der Waals surface area contributed by atoms with Crippen LogP contribution in [-0.4, -0.2) is 40.3 Å². The topological polar surface area (TPSA) is 99.1 Å². The number of aliphatic hydroxyl groups is 1. The van der Waals surface area contributed by atoms with Gasteiger partial charge in [-0.25, -0.2) is 0 Å². The Kier molecular flexibility index (Phi) is 3.53. The third-order valence-corrected chi connectivity index (χ3v) is 3.12. The monoisotopic (exact) mass is 235 g/mol. The highest BCUT2D eigenvalue weighted by Crippen LogP contribution is 2.29. The van der Waals surface area contributed by atoms with Gasteiger partial charge in [0.1, 0.15) is 5.84 Å². The van der Waals surface area contributed by atoms with Gasteiger partial charge in [0.25, 0.3) is 0 Å². The Bertz CT molecular complexity index is 405. The molecule has 0 aromatic carbocycles. The number of nitrogens with two attached hydrogens (primary N) is 1. The molecule has 0 atom stereocenters. The molecule has 0 spiro atoms. The molecule has 0 unspecified atom stereocenters. The first-order valence-corrected chi connectivity index (χ1v) is 5.77. The van der Waals surface area contributed by atoms with E-state index in [1.807, 2.05) is 4.90 Å². The Morgan fingerprint density at radius 1 is 1.59 bits per heavy atom. The number of aliphatic hydroxyl groups excluding tert-OH is 1. The lowest BCUT2D eigenvalue weighted by atomic mass is 9.91. The molecule has 6 heteroatoms. The molecular weight excluding hydrogens is 218 g/mol. The highest BCUT2D eigenvalue weighted by molar-refractivity contribution is 5.99. The maximum atomic E-state index is 9.12. The molecule has 1 aromatic heterocycles. The lowest BCUT2D eigenvalue weighted by Gasteiger charge is -2.38. The normalized spacial score (nSPS) is 15.4. The summed E-state index contributed by atoms with van der Waals surface area (Å²) in [4.78, 5) is 2.01. The highest BCUT2D eigenvalue weighted by Gasteiger charge is 2.27. The summed E-state index contributed by atoms with van der Waals surface area (Å²) in [6, 6.07) is 2.07. The Morgan fingerprint density at radius 2 is 2.35 bits per heavy atom. The third-order valence-electron chi connectivity index (χ3n) is 3.12. The van der Waals surface area contributed by atoms with Gasteiger partial charge in [-0.15, -0.1) is 5.10 Å². The van der Waals surface area contributed by atoms with Crippen LogP contribution >= 0.6 is 0 Å². The van der Waals surface area contributed by atoms with Crippen molar-refractivity contribution in [2.24, 2.45) is 5.73 Å². The molecule has 6 nitrogen and oxygen atoms in total. The van der Waals surface area contributed by atoms with Gasteiger partial charge in [0, 0.05) is 12.6 Å². The van der Waals surface area contributed by atoms with E-state index >= 15 is 0 Å². The minimum absolute atomic E-state index is 0.0165. The average molecular weight is 235 g/mol. The predicted molar refractivity (Wildman–Crippen MR) is 65.1 cm³/mol. The zero-order valence-corrected chi connectivity index (χ0v) is 9.63.